The molecular weight excluding hydrogens is 442 g/mol. The molecule has 2 fully saturated rings. The maximum Gasteiger partial charge on any atom is 0.233 e. The smallest absolute Gasteiger partial charge is 0.233 e. The first kappa shape index (κ1) is 23.1. The molecule has 0 saturated carbocycles. The summed E-state index contributed by atoms with van der Waals surface area (Å²) in [5.74, 6) is 2.21. The highest BCUT2D eigenvalue weighted by atomic mass is 32.2. The number of benzene rings is 2. The van der Waals surface area contributed by atoms with Crippen molar-refractivity contribution in [2.45, 2.75) is 43.8 Å². The molecule has 3 heterocycles. The molecule has 178 valence electrons. The van der Waals surface area contributed by atoms with Crippen molar-refractivity contribution < 1.29 is 4.79 Å². The fourth-order valence-electron chi connectivity index (χ4n) is 5.02. The Balaban J connectivity index is 1.19. The first-order valence-electron chi connectivity index (χ1n) is 12.4. The van der Waals surface area contributed by atoms with Gasteiger partial charge in [-0.2, -0.15) is 0 Å². The minimum absolute atomic E-state index is 0.201. The van der Waals surface area contributed by atoms with E-state index in [0.717, 1.165) is 68.7 Å². The van der Waals surface area contributed by atoms with Crippen molar-refractivity contribution in [1.82, 2.24) is 24.6 Å². The number of amides is 1. The first-order valence-corrected chi connectivity index (χ1v) is 13.4. The third kappa shape index (κ3) is 5.70. The van der Waals surface area contributed by atoms with Crippen LogP contribution >= 0.6 is 11.8 Å². The summed E-state index contributed by atoms with van der Waals surface area (Å²) in [6.45, 7) is 4.72. The Morgan fingerprint density at radius 3 is 2.26 bits per heavy atom. The summed E-state index contributed by atoms with van der Waals surface area (Å²) >= 11 is 1.51. The average Bonchev–Trinajstić information content (AvgIpc) is 3.54. The lowest BCUT2D eigenvalue weighted by atomic mass is 9.90. The van der Waals surface area contributed by atoms with Gasteiger partial charge in [0.25, 0.3) is 0 Å². The summed E-state index contributed by atoms with van der Waals surface area (Å²) in [6.07, 6.45) is 5.75. The molecule has 1 amide bonds. The van der Waals surface area contributed by atoms with E-state index < -0.39 is 0 Å². The van der Waals surface area contributed by atoms with Crippen molar-refractivity contribution in [2.75, 3.05) is 31.9 Å². The Morgan fingerprint density at radius 2 is 1.56 bits per heavy atom. The molecule has 2 saturated heterocycles. The maximum absolute atomic E-state index is 13.0. The first-order chi connectivity index (χ1) is 16.8. The van der Waals surface area contributed by atoms with Gasteiger partial charge in [-0.05, 0) is 68.8 Å². The summed E-state index contributed by atoms with van der Waals surface area (Å²) in [5.41, 5.74) is 2.45. The number of hydrogen-bond donors (Lipinski definition) is 0. The molecule has 2 aromatic carbocycles. The van der Waals surface area contributed by atoms with E-state index in [9.17, 15) is 4.79 Å². The molecule has 34 heavy (non-hydrogen) atoms. The van der Waals surface area contributed by atoms with Crippen molar-refractivity contribution in [3.8, 4) is 5.69 Å². The molecule has 3 aromatic rings. The zero-order valence-corrected chi connectivity index (χ0v) is 20.5. The summed E-state index contributed by atoms with van der Waals surface area (Å²) < 4.78 is 2.13. The fourth-order valence-corrected chi connectivity index (χ4v) is 5.90. The Kier molecular flexibility index (Phi) is 7.61. The van der Waals surface area contributed by atoms with Gasteiger partial charge in [0.2, 0.25) is 5.91 Å². The van der Waals surface area contributed by atoms with E-state index in [1.807, 2.05) is 23.1 Å². The number of thioether (sulfide) groups is 1. The Hall–Kier alpha value is -2.64. The second-order valence-electron chi connectivity index (χ2n) is 9.36. The number of para-hydroxylation sites is 1. The van der Waals surface area contributed by atoms with Gasteiger partial charge in [-0.1, -0.05) is 60.3 Å². The Labute approximate surface area is 206 Å². The van der Waals surface area contributed by atoms with E-state index >= 15 is 0 Å². The number of nitrogens with zero attached hydrogens (tertiary/aromatic N) is 5. The van der Waals surface area contributed by atoms with Gasteiger partial charge in [-0.15, -0.1) is 10.2 Å². The van der Waals surface area contributed by atoms with Crippen LogP contribution in [0.5, 0.6) is 0 Å². The van der Waals surface area contributed by atoms with Crippen molar-refractivity contribution >= 4 is 17.7 Å². The van der Waals surface area contributed by atoms with E-state index in [4.69, 9.17) is 0 Å². The summed E-state index contributed by atoms with van der Waals surface area (Å²) in [7, 11) is 0. The predicted molar refractivity (Wildman–Crippen MR) is 136 cm³/mol. The van der Waals surface area contributed by atoms with Crippen LogP contribution in [0, 0.1) is 5.92 Å². The van der Waals surface area contributed by atoms with Gasteiger partial charge < -0.3 is 4.90 Å². The summed E-state index contributed by atoms with van der Waals surface area (Å²) in [5, 5.41) is 9.81. The minimum atomic E-state index is 0.201. The van der Waals surface area contributed by atoms with Gasteiger partial charge in [0.1, 0.15) is 0 Å². The van der Waals surface area contributed by atoms with Crippen LogP contribution in [0.1, 0.15) is 37.1 Å². The SMILES string of the molecule is O=C(CSc1nnc(CN2CCCC2)n1-c1ccccc1)N1CCC(Cc2ccccc2)CC1. The molecule has 0 unspecified atom stereocenters. The van der Waals surface area contributed by atoms with E-state index in [1.165, 1.54) is 30.2 Å². The van der Waals surface area contributed by atoms with Gasteiger partial charge in [0, 0.05) is 18.8 Å². The number of carbonyl (C=O) groups excluding carboxylic acids is 1. The van der Waals surface area contributed by atoms with Crippen LogP contribution in [0.25, 0.3) is 5.69 Å². The standard InChI is InChI=1S/C27H33N5OS/c33-26(31-17-13-23(14-18-31)19-22-9-3-1-4-10-22)21-34-27-29-28-25(20-30-15-7-8-16-30)32(27)24-11-5-2-6-12-24/h1-6,9-12,23H,7-8,13-21H2. The highest BCUT2D eigenvalue weighted by Gasteiger charge is 2.24. The lowest BCUT2D eigenvalue weighted by molar-refractivity contribution is -0.129. The molecule has 7 heteroatoms. The Morgan fingerprint density at radius 1 is 0.882 bits per heavy atom. The maximum atomic E-state index is 13.0. The summed E-state index contributed by atoms with van der Waals surface area (Å²) in [4.78, 5) is 17.5. The van der Waals surface area contributed by atoms with E-state index in [0.29, 0.717) is 11.7 Å². The second kappa shape index (κ2) is 11.2. The van der Waals surface area contributed by atoms with Crippen LogP contribution in [0.4, 0.5) is 0 Å². The van der Waals surface area contributed by atoms with Crippen LogP contribution in [0.15, 0.2) is 65.8 Å². The monoisotopic (exact) mass is 475 g/mol. The molecule has 2 aliphatic heterocycles. The zero-order chi connectivity index (χ0) is 23.2. The van der Waals surface area contributed by atoms with E-state index in [2.05, 4.69) is 62.1 Å². The van der Waals surface area contributed by atoms with Gasteiger partial charge in [-0.3, -0.25) is 14.3 Å². The summed E-state index contributed by atoms with van der Waals surface area (Å²) in [6, 6.07) is 20.9. The lowest BCUT2D eigenvalue weighted by Gasteiger charge is -2.32. The minimum Gasteiger partial charge on any atom is -0.342 e. The lowest BCUT2D eigenvalue weighted by Crippen LogP contribution is -2.39. The van der Waals surface area contributed by atoms with Gasteiger partial charge in [-0.25, -0.2) is 0 Å². The molecule has 0 radical (unpaired) electrons. The normalized spacial score (nSPS) is 17.4. The van der Waals surface area contributed by atoms with Crippen LogP contribution in [0.3, 0.4) is 0 Å². The molecule has 0 N–H and O–H groups in total. The average molecular weight is 476 g/mol. The number of piperidine rings is 1. The molecule has 0 atom stereocenters. The fraction of sp³-hybridized carbons (Fsp3) is 0.444. The van der Waals surface area contributed by atoms with Crippen molar-refractivity contribution in [2.24, 2.45) is 5.92 Å². The number of aromatic nitrogens is 3. The van der Waals surface area contributed by atoms with Gasteiger partial charge in [0.15, 0.2) is 11.0 Å². The highest BCUT2D eigenvalue weighted by molar-refractivity contribution is 7.99. The van der Waals surface area contributed by atoms with Gasteiger partial charge >= 0.3 is 0 Å². The zero-order valence-electron chi connectivity index (χ0n) is 19.7. The molecule has 6 nitrogen and oxygen atoms in total. The highest BCUT2D eigenvalue weighted by Crippen LogP contribution is 2.26. The molecular formula is C27H33N5OS. The Bertz CT molecular complexity index is 1060. The molecule has 2 aliphatic rings. The van der Waals surface area contributed by atoms with Crippen LogP contribution in [0.2, 0.25) is 0 Å². The molecule has 1 aromatic heterocycles. The molecule has 5 rings (SSSR count). The number of likely N-dealkylation sites (tertiary alicyclic amines) is 2. The molecule has 0 spiro atoms. The van der Waals surface area contributed by atoms with Crippen LogP contribution < -0.4 is 0 Å². The number of carbonyl (C=O) groups is 1. The second-order valence-corrected chi connectivity index (χ2v) is 10.3. The van der Waals surface area contributed by atoms with Crippen LogP contribution in [-0.2, 0) is 17.8 Å². The van der Waals surface area contributed by atoms with Crippen molar-refractivity contribution in [1.29, 1.82) is 0 Å². The van der Waals surface area contributed by atoms with E-state index in [1.54, 1.807) is 0 Å². The van der Waals surface area contributed by atoms with Gasteiger partial charge in [0.05, 0.1) is 12.3 Å². The third-order valence-electron chi connectivity index (χ3n) is 6.94. The molecule has 0 aliphatic carbocycles. The quantitative estimate of drug-likeness (QED) is 0.451. The largest absolute Gasteiger partial charge is 0.342 e. The third-order valence-corrected chi connectivity index (χ3v) is 7.85. The van der Waals surface area contributed by atoms with Crippen molar-refractivity contribution in [3.05, 3.63) is 72.1 Å². The van der Waals surface area contributed by atoms with Crippen molar-refractivity contribution in [3.63, 3.8) is 0 Å². The topological polar surface area (TPSA) is 54.3 Å². The number of hydrogen-bond acceptors (Lipinski definition) is 5. The number of rotatable bonds is 8. The molecule has 0 bridgehead atoms. The van der Waals surface area contributed by atoms with Crippen LogP contribution in [-0.4, -0.2) is 62.4 Å². The van der Waals surface area contributed by atoms with E-state index in [-0.39, 0.29) is 5.91 Å². The predicted octanol–water partition coefficient (Wildman–Crippen LogP) is 4.44.